The molecule has 1 aromatic carbocycles. The lowest BCUT2D eigenvalue weighted by molar-refractivity contribution is -0.131. The standard InChI is InChI=1S/C20H25N3O4S/c1-26-12-10-23(11-13-27-2)19(25)14-17-15-28-20(21-17)22-18(24)9-8-16-6-4-3-5-7-16/h3-9,15H,10-14H2,1-2H3,(H,21,22,24)/b9-8+. The van der Waals surface area contributed by atoms with E-state index in [0.29, 0.717) is 37.1 Å². The van der Waals surface area contributed by atoms with Gasteiger partial charge in [-0.2, -0.15) is 0 Å². The normalized spacial score (nSPS) is 10.9. The minimum Gasteiger partial charge on any atom is -0.383 e. The Morgan fingerprint density at radius 1 is 1.14 bits per heavy atom. The quantitative estimate of drug-likeness (QED) is 0.583. The number of hydrogen-bond donors (Lipinski definition) is 1. The summed E-state index contributed by atoms with van der Waals surface area (Å²) in [6.07, 6.45) is 3.36. The number of nitrogens with one attached hydrogen (secondary N) is 1. The predicted molar refractivity (Wildman–Crippen MR) is 110 cm³/mol. The lowest BCUT2D eigenvalue weighted by atomic mass is 10.2. The van der Waals surface area contributed by atoms with E-state index < -0.39 is 0 Å². The SMILES string of the molecule is COCCN(CCOC)C(=O)Cc1csc(NC(=O)/C=C/c2ccccc2)n1. The molecule has 8 heteroatoms. The van der Waals surface area contributed by atoms with Crippen molar-refractivity contribution in [2.45, 2.75) is 6.42 Å². The summed E-state index contributed by atoms with van der Waals surface area (Å²) in [6, 6.07) is 9.56. The van der Waals surface area contributed by atoms with Crippen LogP contribution < -0.4 is 5.32 Å². The van der Waals surface area contributed by atoms with Gasteiger partial charge >= 0.3 is 0 Å². The van der Waals surface area contributed by atoms with E-state index in [1.54, 1.807) is 30.6 Å². The molecule has 0 aliphatic heterocycles. The molecule has 0 fully saturated rings. The zero-order valence-electron chi connectivity index (χ0n) is 16.1. The molecule has 0 saturated carbocycles. The molecule has 7 nitrogen and oxygen atoms in total. The number of hydrogen-bond acceptors (Lipinski definition) is 6. The monoisotopic (exact) mass is 403 g/mol. The number of nitrogens with zero attached hydrogens (tertiary/aromatic N) is 2. The van der Waals surface area contributed by atoms with E-state index in [9.17, 15) is 9.59 Å². The molecule has 0 spiro atoms. The van der Waals surface area contributed by atoms with Crippen molar-refractivity contribution in [3.05, 3.63) is 53.0 Å². The number of rotatable bonds is 11. The van der Waals surface area contributed by atoms with E-state index in [1.807, 2.05) is 30.3 Å². The summed E-state index contributed by atoms with van der Waals surface area (Å²) in [7, 11) is 3.20. The molecule has 150 valence electrons. The maximum Gasteiger partial charge on any atom is 0.250 e. The van der Waals surface area contributed by atoms with Crippen LogP contribution in [0.4, 0.5) is 5.13 Å². The van der Waals surface area contributed by atoms with Crippen LogP contribution in [0.15, 0.2) is 41.8 Å². The van der Waals surface area contributed by atoms with Crippen molar-refractivity contribution in [3.63, 3.8) is 0 Å². The first-order chi connectivity index (χ1) is 13.6. The number of carbonyl (C=O) groups excluding carboxylic acids is 2. The smallest absolute Gasteiger partial charge is 0.250 e. The van der Waals surface area contributed by atoms with Gasteiger partial charge in [-0.05, 0) is 11.6 Å². The molecule has 2 aromatic rings. The second-order valence-electron chi connectivity index (χ2n) is 5.92. The third-order valence-corrected chi connectivity index (χ3v) is 4.63. The third-order valence-electron chi connectivity index (χ3n) is 3.82. The van der Waals surface area contributed by atoms with E-state index in [4.69, 9.17) is 9.47 Å². The van der Waals surface area contributed by atoms with Crippen molar-refractivity contribution in [1.82, 2.24) is 9.88 Å². The Balaban J connectivity index is 1.88. The molecule has 0 aliphatic rings. The summed E-state index contributed by atoms with van der Waals surface area (Å²) >= 11 is 1.29. The lowest BCUT2D eigenvalue weighted by Crippen LogP contribution is -2.37. The van der Waals surface area contributed by atoms with Gasteiger partial charge < -0.3 is 14.4 Å². The van der Waals surface area contributed by atoms with E-state index in [-0.39, 0.29) is 18.2 Å². The fourth-order valence-corrected chi connectivity index (χ4v) is 3.07. The maximum absolute atomic E-state index is 12.5. The van der Waals surface area contributed by atoms with Crippen LogP contribution in [0.1, 0.15) is 11.3 Å². The second kappa shape index (κ2) is 12.0. The first-order valence-corrected chi connectivity index (χ1v) is 9.74. The van der Waals surface area contributed by atoms with Crippen molar-refractivity contribution >= 4 is 34.4 Å². The molecular weight excluding hydrogens is 378 g/mol. The highest BCUT2D eigenvalue weighted by Gasteiger charge is 2.16. The summed E-state index contributed by atoms with van der Waals surface area (Å²) in [6.45, 7) is 1.91. The average molecular weight is 404 g/mol. The topological polar surface area (TPSA) is 80.8 Å². The van der Waals surface area contributed by atoms with Crippen LogP contribution in [0.2, 0.25) is 0 Å². The molecule has 0 atom stereocenters. The Bertz CT molecular complexity index is 769. The Hall–Kier alpha value is -2.55. The number of thiazole rings is 1. The number of carbonyl (C=O) groups is 2. The van der Waals surface area contributed by atoms with Gasteiger partial charge in [0.05, 0.1) is 25.3 Å². The lowest BCUT2D eigenvalue weighted by Gasteiger charge is -2.21. The second-order valence-corrected chi connectivity index (χ2v) is 6.78. The highest BCUT2D eigenvalue weighted by molar-refractivity contribution is 7.14. The number of aromatic nitrogens is 1. The van der Waals surface area contributed by atoms with Crippen LogP contribution in [0.5, 0.6) is 0 Å². The van der Waals surface area contributed by atoms with Crippen molar-refractivity contribution in [2.75, 3.05) is 45.8 Å². The van der Waals surface area contributed by atoms with Gasteiger partial charge in [0.25, 0.3) is 0 Å². The van der Waals surface area contributed by atoms with Crippen molar-refractivity contribution < 1.29 is 19.1 Å². The molecule has 0 bridgehead atoms. The van der Waals surface area contributed by atoms with Crippen LogP contribution in [0.25, 0.3) is 6.08 Å². The first kappa shape index (κ1) is 21.7. The van der Waals surface area contributed by atoms with Gasteiger partial charge in [0, 0.05) is 38.8 Å². The van der Waals surface area contributed by atoms with Gasteiger partial charge in [0.2, 0.25) is 11.8 Å². The fourth-order valence-electron chi connectivity index (χ4n) is 2.36. The zero-order valence-corrected chi connectivity index (χ0v) is 16.9. The largest absolute Gasteiger partial charge is 0.383 e. The Kier molecular flexibility index (Phi) is 9.33. The first-order valence-electron chi connectivity index (χ1n) is 8.86. The number of anilines is 1. The summed E-state index contributed by atoms with van der Waals surface area (Å²) in [4.78, 5) is 30.5. The zero-order chi connectivity index (χ0) is 20.2. The Morgan fingerprint density at radius 2 is 1.82 bits per heavy atom. The van der Waals surface area contributed by atoms with Crippen molar-refractivity contribution in [2.24, 2.45) is 0 Å². The van der Waals surface area contributed by atoms with Crippen LogP contribution >= 0.6 is 11.3 Å². The van der Waals surface area contributed by atoms with Gasteiger partial charge in [0.15, 0.2) is 5.13 Å². The molecule has 1 aromatic heterocycles. The molecule has 0 unspecified atom stereocenters. The minimum absolute atomic E-state index is 0.0544. The van der Waals surface area contributed by atoms with Crippen molar-refractivity contribution in [1.29, 1.82) is 0 Å². The van der Waals surface area contributed by atoms with E-state index in [2.05, 4.69) is 10.3 Å². The summed E-state index contributed by atoms with van der Waals surface area (Å²) < 4.78 is 10.1. The molecular formula is C20H25N3O4S. The molecule has 1 N–H and O–H groups in total. The third kappa shape index (κ3) is 7.59. The number of ether oxygens (including phenoxy) is 2. The Labute approximate surface area is 169 Å². The van der Waals surface area contributed by atoms with Crippen LogP contribution in [-0.2, 0) is 25.5 Å². The van der Waals surface area contributed by atoms with Gasteiger partial charge in [-0.15, -0.1) is 11.3 Å². The Morgan fingerprint density at radius 3 is 2.46 bits per heavy atom. The van der Waals surface area contributed by atoms with Crippen LogP contribution in [-0.4, -0.2) is 62.2 Å². The highest BCUT2D eigenvalue weighted by Crippen LogP contribution is 2.16. The van der Waals surface area contributed by atoms with Crippen LogP contribution in [0, 0.1) is 0 Å². The molecule has 0 aliphatic carbocycles. The summed E-state index contributed by atoms with van der Waals surface area (Å²) in [5.41, 5.74) is 1.56. The van der Waals surface area contributed by atoms with Gasteiger partial charge in [-0.3, -0.25) is 14.9 Å². The molecule has 0 saturated heterocycles. The maximum atomic E-state index is 12.5. The van der Waals surface area contributed by atoms with E-state index in [0.717, 1.165) is 5.56 Å². The molecule has 0 radical (unpaired) electrons. The van der Waals surface area contributed by atoms with Crippen LogP contribution in [0.3, 0.4) is 0 Å². The van der Waals surface area contributed by atoms with Gasteiger partial charge in [-0.25, -0.2) is 4.98 Å². The van der Waals surface area contributed by atoms with Gasteiger partial charge in [0.1, 0.15) is 0 Å². The molecule has 2 rings (SSSR count). The molecule has 1 heterocycles. The number of amides is 2. The summed E-state index contributed by atoms with van der Waals surface area (Å²) in [5, 5.41) is 4.96. The highest BCUT2D eigenvalue weighted by atomic mass is 32.1. The average Bonchev–Trinajstić information content (AvgIpc) is 3.13. The van der Waals surface area contributed by atoms with E-state index in [1.165, 1.54) is 17.4 Å². The molecule has 2 amide bonds. The number of methoxy groups -OCH3 is 2. The summed E-state index contributed by atoms with van der Waals surface area (Å²) in [5.74, 6) is -0.320. The number of benzene rings is 1. The van der Waals surface area contributed by atoms with Gasteiger partial charge in [-0.1, -0.05) is 30.3 Å². The predicted octanol–water partition coefficient (Wildman–Crippen LogP) is 2.46. The van der Waals surface area contributed by atoms with Crippen molar-refractivity contribution in [3.8, 4) is 0 Å². The minimum atomic E-state index is -0.266. The van der Waals surface area contributed by atoms with E-state index >= 15 is 0 Å². The fraction of sp³-hybridized carbons (Fsp3) is 0.350. The molecule has 28 heavy (non-hydrogen) atoms.